The first-order valence-corrected chi connectivity index (χ1v) is 4.39. The highest BCUT2D eigenvalue weighted by molar-refractivity contribution is 5.89. The van der Waals surface area contributed by atoms with Crippen molar-refractivity contribution in [1.82, 2.24) is 4.90 Å². The molecule has 3 nitrogen and oxygen atoms in total. The zero-order chi connectivity index (χ0) is 10.3. The Morgan fingerprint density at radius 3 is 2.79 bits per heavy atom. The van der Waals surface area contributed by atoms with Crippen LogP contribution in [0.3, 0.4) is 0 Å². The summed E-state index contributed by atoms with van der Waals surface area (Å²) in [7, 11) is 1.67. The molecule has 0 unspecified atom stereocenters. The highest BCUT2D eigenvalue weighted by Gasteiger charge is 2.43. The molecule has 1 heterocycles. The van der Waals surface area contributed by atoms with Crippen molar-refractivity contribution in [1.29, 1.82) is 0 Å². The minimum atomic E-state index is -0.526. The van der Waals surface area contributed by atoms with Crippen molar-refractivity contribution < 1.29 is 9.18 Å². The second-order valence-corrected chi connectivity index (χ2v) is 3.47. The molecule has 1 fully saturated rings. The molecule has 1 aromatic carbocycles. The van der Waals surface area contributed by atoms with Crippen LogP contribution in [-0.2, 0) is 4.79 Å². The summed E-state index contributed by atoms with van der Waals surface area (Å²) in [5.74, 6) is -0.401. The van der Waals surface area contributed by atoms with Crippen LogP contribution in [0.2, 0.25) is 0 Å². The lowest BCUT2D eigenvalue weighted by Gasteiger charge is -2.43. The van der Waals surface area contributed by atoms with Crippen LogP contribution in [0, 0.1) is 5.82 Å². The van der Waals surface area contributed by atoms with Crippen molar-refractivity contribution in [2.75, 3.05) is 7.05 Å². The second-order valence-electron chi connectivity index (χ2n) is 3.47. The van der Waals surface area contributed by atoms with E-state index >= 15 is 0 Å². The Kier molecular flexibility index (Phi) is 2.00. The molecule has 2 rings (SSSR count). The maximum absolute atomic E-state index is 12.9. The van der Waals surface area contributed by atoms with Gasteiger partial charge in [-0.3, -0.25) is 4.79 Å². The smallest absolute Gasteiger partial charge is 0.242 e. The van der Waals surface area contributed by atoms with Crippen LogP contribution in [0.15, 0.2) is 24.3 Å². The third-order valence-corrected chi connectivity index (χ3v) is 2.58. The van der Waals surface area contributed by atoms with E-state index in [0.717, 1.165) is 5.56 Å². The lowest BCUT2D eigenvalue weighted by atomic mass is 9.90. The van der Waals surface area contributed by atoms with Crippen LogP contribution in [0.1, 0.15) is 11.6 Å². The standard InChI is InChI=1S/C10H11FN2O/c1-13-9(8(12)10(13)14)6-3-2-4-7(11)5-6/h2-5,8-9H,12H2,1H3/t8-,9-/m1/s1. The monoisotopic (exact) mass is 194 g/mol. The fourth-order valence-electron chi connectivity index (χ4n) is 1.79. The quantitative estimate of drug-likeness (QED) is 0.668. The van der Waals surface area contributed by atoms with Gasteiger partial charge in [-0.2, -0.15) is 0 Å². The maximum Gasteiger partial charge on any atom is 0.242 e. The molecule has 0 saturated carbocycles. The summed E-state index contributed by atoms with van der Waals surface area (Å²) in [5, 5.41) is 0. The molecule has 1 amide bonds. The number of hydrogen-bond donors (Lipinski definition) is 1. The molecule has 2 N–H and O–H groups in total. The number of likely N-dealkylation sites (N-methyl/N-ethyl adjacent to an activating group) is 1. The van der Waals surface area contributed by atoms with Gasteiger partial charge in [0.05, 0.1) is 6.04 Å². The van der Waals surface area contributed by atoms with E-state index in [1.165, 1.54) is 17.0 Å². The fraction of sp³-hybridized carbons (Fsp3) is 0.300. The van der Waals surface area contributed by atoms with Crippen LogP contribution in [0.5, 0.6) is 0 Å². The Morgan fingerprint density at radius 1 is 1.50 bits per heavy atom. The number of carbonyl (C=O) groups excluding carboxylic acids is 1. The van der Waals surface area contributed by atoms with Crippen LogP contribution < -0.4 is 5.73 Å². The van der Waals surface area contributed by atoms with Gasteiger partial charge in [-0.25, -0.2) is 4.39 Å². The average Bonchev–Trinajstić information content (AvgIpc) is 2.18. The van der Waals surface area contributed by atoms with Gasteiger partial charge in [-0.1, -0.05) is 12.1 Å². The normalized spacial score (nSPS) is 26.2. The van der Waals surface area contributed by atoms with Crippen molar-refractivity contribution in [2.24, 2.45) is 5.73 Å². The van der Waals surface area contributed by atoms with Gasteiger partial charge in [0.2, 0.25) is 5.91 Å². The van der Waals surface area contributed by atoms with E-state index in [1.54, 1.807) is 19.2 Å². The predicted octanol–water partition coefficient (Wildman–Crippen LogP) is 0.666. The highest BCUT2D eigenvalue weighted by atomic mass is 19.1. The van der Waals surface area contributed by atoms with Gasteiger partial charge in [-0.05, 0) is 17.7 Å². The molecule has 74 valence electrons. The topological polar surface area (TPSA) is 46.3 Å². The first-order chi connectivity index (χ1) is 6.61. The molecule has 0 radical (unpaired) electrons. The van der Waals surface area contributed by atoms with Crippen LogP contribution in [0.25, 0.3) is 0 Å². The summed E-state index contributed by atoms with van der Waals surface area (Å²) in [6.45, 7) is 0. The van der Waals surface area contributed by atoms with Crippen LogP contribution >= 0.6 is 0 Å². The molecule has 1 aromatic rings. The van der Waals surface area contributed by atoms with Gasteiger partial charge in [0.1, 0.15) is 11.9 Å². The van der Waals surface area contributed by atoms with Crippen molar-refractivity contribution in [2.45, 2.75) is 12.1 Å². The minimum absolute atomic E-state index is 0.0979. The number of benzene rings is 1. The first kappa shape index (κ1) is 9.15. The summed E-state index contributed by atoms with van der Waals surface area (Å²) < 4.78 is 12.9. The number of rotatable bonds is 1. The van der Waals surface area contributed by atoms with E-state index in [4.69, 9.17) is 5.73 Å². The van der Waals surface area contributed by atoms with E-state index in [0.29, 0.717) is 0 Å². The van der Waals surface area contributed by atoms with Crippen molar-refractivity contribution in [3.05, 3.63) is 35.6 Å². The molecule has 14 heavy (non-hydrogen) atoms. The number of nitrogens with two attached hydrogens (primary N) is 1. The van der Waals surface area contributed by atoms with Gasteiger partial charge >= 0.3 is 0 Å². The molecule has 0 spiro atoms. The zero-order valence-corrected chi connectivity index (χ0v) is 7.77. The Bertz CT molecular complexity index is 368. The van der Waals surface area contributed by atoms with Gasteiger partial charge in [0.25, 0.3) is 0 Å². The van der Waals surface area contributed by atoms with E-state index in [2.05, 4.69) is 0 Å². The molecule has 2 atom stereocenters. The Labute approximate surface area is 81.3 Å². The first-order valence-electron chi connectivity index (χ1n) is 4.39. The van der Waals surface area contributed by atoms with Gasteiger partial charge in [-0.15, -0.1) is 0 Å². The molecule has 1 aliphatic heterocycles. The van der Waals surface area contributed by atoms with E-state index in [9.17, 15) is 9.18 Å². The fourth-order valence-corrected chi connectivity index (χ4v) is 1.79. The molecule has 0 aliphatic carbocycles. The van der Waals surface area contributed by atoms with E-state index < -0.39 is 6.04 Å². The lowest BCUT2D eigenvalue weighted by molar-refractivity contribution is -0.147. The number of hydrogen-bond acceptors (Lipinski definition) is 2. The van der Waals surface area contributed by atoms with Crippen LogP contribution in [-0.4, -0.2) is 23.9 Å². The zero-order valence-electron chi connectivity index (χ0n) is 7.77. The van der Waals surface area contributed by atoms with Crippen molar-refractivity contribution >= 4 is 5.91 Å². The van der Waals surface area contributed by atoms with E-state index in [1.807, 2.05) is 0 Å². The van der Waals surface area contributed by atoms with Gasteiger partial charge in [0, 0.05) is 7.05 Å². The summed E-state index contributed by atoms with van der Waals surface area (Å²) >= 11 is 0. The molecule has 4 heteroatoms. The summed E-state index contributed by atoms with van der Waals surface area (Å²) in [5.41, 5.74) is 6.37. The highest BCUT2D eigenvalue weighted by Crippen LogP contribution is 2.31. The number of halogens is 1. The Morgan fingerprint density at radius 2 is 2.21 bits per heavy atom. The molecule has 0 aromatic heterocycles. The molecular formula is C10H11FN2O. The number of β-lactam (4-membered cyclic amide) rings is 1. The number of amides is 1. The predicted molar refractivity (Wildman–Crippen MR) is 49.9 cm³/mol. The van der Waals surface area contributed by atoms with Gasteiger partial charge in [0.15, 0.2) is 0 Å². The van der Waals surface area contributed by atoms with Crippen molar-refractivity contribution in [3.63, 3.8) is 0 Å². The summed E-state index contributed by atoms with van der Waals surface area (Å²) in [6.07, 6.45) is 0. The Hall–Kier alpha value is -1.42. The lowest BCUT2D eigenvalue weighted by Crippen LogP contribution is -2.61. The summed E-state index contributed by atoms with van der Waals surface area (Å²) in [4.78, 5) is 12.7. The SMILES string of the molecule is CN1C(=O)[C@H](N)[C@H]1c1cccc(F)c1. The second kappa shape index (κ2) is 3.06. The third-order valence-electron chi connectivity index (χ3n) is 2.58. The minimum Gasteiger partial charge on any atom is -0.335 e. The van der Waals surface area contributed by atoms with E-state index in [-0.39, 0.29) is 17.8 Å². The van der Waals surface area contributed by atoms with Gasteiger partial charge < -0.3 is 10.6 Å². The molecule has 1 aliphatic rings. The number of likely N-dealkylation sites (tertiary alicyclic amines) is 1. The van der Waals surface area contributed by atoms with Crippen LogP contribution in [0.4, 0.5) is 4.39 Å². The molecule has 0 bridgehead atoms. The largest absolute Gasteiger partial charge is 0.335 e. The third kappa shape index (κ3) is 1.19. The number of carbonyl (C=O) groups is 1. The maximum atomic E-state index is 12.9. The average molecular weight is 194 g/mol. The van der Waals surface area contributed by atoms with Crippen molar-refractivity contribution in [3.8, 4) is 0 Å². The Balaban J connectivity index is 2.28. The molecule has 1 saturated heterocycles. The molecular weight excluding hydrogens is 183 g/mol. The summed E-state index contributed by atoms with van der Waals surface area (Å²) in [6, 6.07) is 5.47. The number of nitrogens with zero attached hydrogens (tertiary/aromatic N) is 1.